The number of ether oxygens (including phenoxy) is 6. The van der Waals surface area contributed by atoms with Crippen molar-refractivity contribution in [1.82, 2.24) is 9.88 Å². The molecule has 0 spiro atoms. The molecule has 1 aromatic heterocycles. The maximum absolute atomic E-state index is 14.8. The summed E-state index contributed by atoms with van der Waals surface area (Å²) in [5.74, 6) is -5.14. The van der Waals surface area contributed by atoms with Gasteiger partial charge in [0.1, 0.15) is 40.7 Å². The minimum Gasteiger partial charge on any atom is -0.507 e. The fourth-order valence-corrected chi connectivity index (χ4v) is 9.82. The zero-order valence-corrected chi connectivity index (χ0v) is 38.5. The Kier molecular flexibility index (Phi) is 12.7. The topological polar surface area (TPSA) is 226 Å². The molecule has 4 N–H and O–H groups in total. The molecule has 3 aromatic carbocycles. The van der Waals surface area contributed by atoms with E-state index in [1.54, 1.807) is 25.2 Å². The van der Waals surface area contributed by atoms with Crippen LogP contribution in [0.2, 0.25) is 0 Å². The smallest absolute Gasteiger partial charge is 0.307 e. The van der Waals surface area contributed by atoms with Gasteiger partial charge in [0.25, 0.3) is 5.91 Å². The summed E-state index contributed by atoms with van der Waals surface area (Å²) in [5, 5.41) is 37.8. The summed E-state index contributed by atoms with van der Waals surface area (Å²) in [4.78, 5) is 62.2. The summed E-state index contributed by atoms with van der Waals surface area (Å²) in [5.41, 5.74) is -2.14. The lowest BCUT2D eigenvalue weighted by atomic mass is 9.84. The normalized spacial score (nSPS) is 31.2. The second-order valence-electron chi connectivity index (χ2n) is 18.2. The van der Waals surface area contributed by atoms with Gasteiger partial charge in [0, 0.05) is 79.8 Å². The number of carbonyl (C=O) groups is 2. The standard InChI is InChI=1S/C49H57N3O14/c1-10-29-31(60-9)15-17-62-49(7)47(58)35-33-34(39(55)24(4)43(35)66-49)41(57)38(45-37(33)50-36-30(54)18-28(19-32(36)64-45)61-21-27-14-16-52(8)20-27)51-48(59)23(3)13-11-12-22(2)42-25(5)40(56)46(65-42)44(29)63-26(6)53/h11-13,15,17-19,22,25,27,29,31,40,42,44,46,55-56,58H,10,14,16,20-21H2,1-9H3,(H,51,59)/b12-11+,17-15+,23-13-/t22-,25-,27?,29+,31-,40+,42-,44+,46+,49-/m0/s1. The first-order valence-electron chi connectivity index (χ1n) is 22.3. The lowest BCUT2D eigenvalue weighted by Crippen LogP contribution is -2.47. The highest BCUT2D eigenvalue weighted by Crippen LogP contribution is 2.43. The molecule has 0 saturated carbocycles. The number of allylic oxidation sites excluding steroid dienone is 2. The number of phenolic OH excluding ortho intramolecular Hbond substituents is 1. The van der Waals surface area contributed by atoms with Crippen LogP contribution in [0.25, 0.3) is 38.7 Å². The van der Waals surface area contributed by atoms with Crippen molar-refractivity contribution >= 4 is 56.3 Å². The van der Waals surface area contributed by atoms with Crippen LogP contribution in [0.5, 0.6) is 17.2 Å². The highest BCUT2D eigenvalue weighted by molar-refractivity contribution is 6.16. The van der Waals surface area contributed by atoms with E-state index >= 15 is 0 Å². The van der Waals surface area contributed by atoms with E-state index in [9.17, 15) is 34.5 Å². The van der Waals surface area contributed by atoms with Crippen LogP contribution in [0.1, 0.15) is 59.9 Å². The summed E-state index contributed by atoms with van der Waals surface area (Å²) in [6.07, 6.45) is 4.96. The zero-order valence-electron chi connectivity index (χ0n) is 38.5. The van der Waals surface area contributed by atoms with Crippen molar-refractivity contribution in [3.8, 4) is 17.2 Å². The van der Waals surface area contributed by atoms with E-state index < -0.39 is 82.4 Å². The molecule has 4 aromatic rings. The molecular weight excluding hydrogens is 855 g/mol. The molecule has 5 aliphatic rings. The number of nitrogens with zero attached hydrogens (tertiary/aromatic N) is 2. The number of esters is 1. The number of likely N-dealkylation sites (tertiary alicyclic amines) is 1. The highest BCUT2D eigenvalue weighted by atomic mass is 16.7. The Morgan fingerprint density at radius 1 is 1.08 bits per heavy atom. The molecule has 1 unspecified atom stereocenters. The van der Waals surface area contributed by atoms with E-state index in [-0.39, 0.29) is 78.3 Å². The Morgan fingerprint density at radius 3 is 2.52 bits per heavy atom. The molecule has 5 aliphatic heterocycles. The number of aliphatic hydroxyl groups excluding tert-OH is 2. The van der Waals surface area contributed by atoms with Gasteiger partial charge in [-0.05, 0) is 46.4 Å². The van der Waals surface area contributed by atoms with Crippen LogP contribution in [0.3, 0.4) is 0 Å². The largest absolute Gasteiger partial charge is 0.507 e. The Bertz CT molecular complexity index is 2890. The number of carbonyl (C=O) groups excluding carboxylic acids is 2. The number of aliphatic hydroxyl groups is 2. The summed E-state index contributed by atoms with van der Waals surface area (Å²) >= 11 is 0. The average molecular weight is 912 g/mol. The summed E-state index contributed by atoms with van der Waals surface area (Å²) in [6, 6.07) is 2.80. The molecule has 2 fully saturated rings. The Hall–Kier alpha value is -6.01. The highest BCUT2D eigenvalue weighted by Gasteiger charge is 2.50. The maximum Gasteiger partial charge on any atom is 0.307 e. The molecule has 0 radical (unpaired) electrons. The maximum atomic E-state index is 14.8. The van der Waals surface area contributed by atoms with Crippen LogP contribution in [0.15, 0.2) is 62.3 Å². The van der Waals surface area contributed by atoms with Gasteiger partial charge in [-0.1, -0.05) is 39.0 Å². The van der Waals surface area contributed by atoms with E-state index in [1.807, 2.05) is 33.9 Å². The molecule has 7 bridgehead atoms. The van der Waals surface area contributed by atoms with E-state index in [2.05, 4.69) is 10.2 Å². The van der Waals surface area contributed by atoms with Gasteiger partial charge in [0.15, 0.2) is 22.4 Å². The summed E-state index contributed by atoms with van der Waals surface area (Å²) in [7, 11) is 3.50. The molecule has 2 saturated heterocycles. The van der Waals surface area contributed by atoms with Crippen LogP contribution in [0.4, 0.5) is 5.69 Å². The third-order valence-corrected chi connectivity index (χ3v) is 13.5. The van der Waals surface area contributed by atoms with Gasteiger partial charge < -0.3 is 58.4 Å². The molecule has 6 heterocycles. The van der Waals surface area contributed by atoms with Crippen molar-refractivity contribution in [2.45, 2.75) is 97.6 Å². The molecule has 9 rings (SSSR count). The van der Waals surface area contributed by atoms with Crippen molar-refractivity contribution in [1.29, 1.82) is 0 Å². The number of phenols is 1. The molecule has 0 aliphatic carbocycles. The quantitative estimate of drug-likeness (QED) is 0.113. The van der Waals surface area contributed by atoms with Gasteiger partial charge in [-0.25, -0.2) is 4.98 Å². The number of hydrogen-bond acceptors (Lipinski definition) is 16. The van der Waals surface area contributed by atoms with Gasteiger partial charge in [-0.2, -0.15) is 0 Å². The van der Waals surface area contributed by atoms with Gasteiger partial charge in [0.05, 0.1) is 41.8 Å². The molecule has 1 amide bonds. The minimum atomic E-state index is -1.98. The van der Waals surface area contributed by atoms with E-state index in [4.69, 9.17) is 37.8 Å². The molecule has 10 atom stereocenters. The lowest BCUT2D eigenvalue weighted by Gasteiger charge is -2.35. The number of amides is 1. The fourth-order valence-electron chi connectivity index (χ4n) is 9.82. The number of nitrogens with one attached hydrogen (secondary N) is 1. The van der Waals surface area contributed by atoms with E-state index in [1.165, 1.54) is 46.3 Å². The number of rotatable bonds is 6. The van der Waals surface area contributed by atoms with E-state index in [0.717, 1.165) is 19.5 Å². The molecule has 66 heavy (non-hydrogen) atoms. The first-order chi connectivity index (χ1) is 31.4. The predicted octanol–water partition coefficient (Wildman–Crippen LogP) is 5.05. The molecular formula is C49H57N3O14. The van der Waals surface area contributed by atoms with Crippen molar-refractivity contribution < 1.29 is 57.7 Å². The van der Waals surface area contributed by atoms with Crippen molar-refractivity contribution in [3.05, 3.63) is 79.5 Å². The SMILES string of the molecule is CC[C@H]1[C@@H](OC(C)=O)[C@@H]2O[C@H]([C@@H](C)[C@H]2O)[C@@H](C)/C=C/C=C(/C)C(=O)Nc2c(=O)c3c(O)c(C)c4c(c3c3nc5c(=O)cc(OCC6CCN(C)C6)cc5oc23)=C(O)[C@@](C)(O/C=C/[C@@H]1OC)O4. The predicted molar refractivity (Wildman–Crippen MR) is 244 cm³/mol. The molecule has 17 heteroatoms. The second kappa shape index (κ2) is 18.0. The number of fused-ring (bicyclic) bond motifs is 9. The zero-order chi connectivity index (χ0) is 47.5. The third-order valence-electron chi connectivity index (χ3n) is 13.5. The average Bonchev–Trinajstić information content (AvgIpc) is 3.92. The Morgan fingerprint density at radius 2 is 1.83 bits per heavy atom. The van der Waals surface area contributed by atoms with Crippen LogP contribution < -0.4 is 30.9 Å². The van der Waals surface area contributed by atoms with Gasteiger partial charge >= 0.3 is 11.8 Å². The van der Waals surface area contributed by atoms with Crippen molar-refractivity contribution in [2.75, 3.05) is 39.2 Å². The number of benzene rings is 3. The van der Waals surface area contributed by atoms with Gasteiger partial charge in [-0.15, -0.1) is 0 Å². The first-order valence-corrected chi connectivity index (χ1v) is 22.3. The number of anilines is 1. The first kappa shape index (κ1) is 46.5. The van der Waals surface area contributed by atoms with Crippen molar-refractivity contribution in [2.24, 2.45) is 23.7 Å². The summed E-state index contributed by atoms with van der Waals surface area (Å²) < 4.78 is 43.3. The molecule has 352 valence electrons. The fraction of sp³-hybridized carbons (Fsp3) is 0.490. The number of methoxy groups -OCH3 is 1. The summed E-state index contributed by atoms with van der Waals surface area (Å²) in [6.45, 7) is 13.5. The number of aromatic nitrogens is 1. The van der Waals surface area contributed by atoms with E-state index in [0.29, 0.717) is 13.0 Å². The Balaban J connectivity index is 1.34. The van der Waals surface area contributed by atoms with Gasteiger partial charge in [-0.3, -0.25) is 19.2 Å². The number of hydrogen-bond donors (Lipinski definition) is 4. The van der Waals surface area contributed by atoms with Crippen LogP contribution >= 0.6 is 0 Å². The Labute approximate surface area is 380 Å². The van der Waals surface area contributed by atoms with Crippen molar-refractivity contribution in [3.63, 3.8) is 0 Å². The lowest BCUT2D eigenvalue weighted by molar-refractivity contribution is -0.169. The van der Waals surface area contributed by atoms with Crippen LogP contribution in [-0.2, 0) is 28.5 Å². The van der Waals surface area contributed by atoms with Crippen LogP contribution in [0, 0.1) is 30.6 Å². The number of aromatic hydroxyl groups is 1. The minimum absolute atomic E-state index is 0.0372. The second-order valence-corrected chi connectivity index (χ2v) is 18.2. The van der Waals surface area contributed by atoms with Gasteiger partial charge in [0.2, 0.25) is 10.9 Å². The molecule has 17 nitrogen and oxygen atoms in total. The monoisotopic (exact) mass is 911 g/mol. The van der Waals surface area contributed by atoms with Crippen LogP contribution in [-0.4, -0.2) is 107 Å². The third kappa shape index (κ3) is 8.15.